The third-order valence-corrected chi connectivity index (χ3v) is 5.35. The van der Waals surface area contributed by atoms with Crippen LogP contribution in [-0.2, 0) is 16.1 Å². The topological polar surface area (TPSA) is 55.9 Å². The molecule has 6 nitrogen and oxygen atoms in total. The number of benzene rings is 1. The number of aryl methyl sites for hydroxylation is 1. The maximum Gasteiger partial charge on any atom is 0.237 e. The monoisotopic (exact) mass is 372 g/mol. The Morgan fingerprint density at radius 3 is 2.19 bits per heavy atom. The van der Waals surface area contributed by atoms with Crippen LogP contribution in [0.3, 0.4) is 0 Å². The van der Waals surface area contributed by atoms with E-state index >= 15 is 0 Å². The van der Waals surface area contributed by atoms with Crippen LogP contribution in [0.2, 0.25) is 0 Å². The van der Waals surface area contributed by atoms with E-state index in [9.17, 15) is 9.59 Å². The van der Waals surface area contributed by atoms with E-state index in [1.54, 1.807) is 0 Å². The van der Waals surface area contributed by atoms with Gasteiger partial charge in [-0.3, -0.25) is 19.4 Å². The molecule has 1 aliphatic heterocycles. The van der Waals surface area contributed by atoms with Crippen LogP contribution in [0, 0.1) is 6.92 Å². The fraction of sp³-hybridized carbons (Fsp3) is 0.619. The molecule has 1 N–H and O–H groups in total. The predicted octanol–water partition coefficient (Wildman–Crippen LogP) is 1.24. The average molecular weight is 373 g/mol. The fourth-order valence-corrected chi connectivity index (χ4v) is 3.54. The molecule has 27 heavy (non-hydrogen) atoms. The Labute approximate surface area is 162 Å². The molecule has 148 valence electrons. The molecule has 0 atom stereocenters. The molecule has 0 unspecified atom stereocenters. The Morgan fingerprint density at radius 2 is 1.63 bits per heavy atom. The van der Waals surface area contributed by atoms with Gasteiger partial charge in [0.1, 0.15) is 0 Å². The minimum absolute atomic E-state index is 0.0834. The quantitative estimate of drug-likeness (QED) is 0.746. The number of nitrogens with zero attached hydrogens (tertiary/aromatic N) is 3. The molecule has 0 spiro atoms. The van der Waals surface area contributed by atoms with E-state index in [0.29, 0.717) is 32.2 Å². The van der Waals surface area contributed by atoms with Crippen LogP contribution in [-0.4, -0.2) is 78.4 Å². The molecule has 2 fully saturated rings. The van der Waals surface area contributed by atoms with Gasteiger partial charge in [-0.2, -0.15) is 0 Å². The number of hydrogen-bond donors (Lipinski definition) is 1. The lowest BCUT2D eigenvalue weighted by Crippen LogP contribution is -2.52. The van der Waals surface area contributed by atoms with Crippen LogP contribution in [0.5, 0.6) is 0 Å². The van der Waals surface area contributed by atoms with Crippen molar-refractivity contribution in [1.29, 1.82) is 0 Å². The Kier molecular flexibility index (Phi) is 6.85. The maximum atomic E-state index is 12.9. The van der Waals surface area contributed by atoms with Gasteiger partial charge in [0.05, 0.1) is 13.1 Å². The maximum absolute atomic E-state index is 12.9. The highest BCUT2D eigenvalue weighted by Gasteiger charge is 2.33. The van der Waals surface area contributed by atoms with Crippen LogP contribution < -0.4 is 5.32 Å². The van der Waals surface area contributed by atoms with Crippen LogP contribution in [0.25, 0.3) is 0 Å². The number of carbonyl (C=O) groups is 2. The van der Waals surface area contributed by atoms with Gasteiger partial charge in [-0.15, -0.1) is 0 Å². The highest BCUT2D eigenvalue weighted by atomic mass is 16.2. The van der Waals surface area contributed by atoms with Crippen LogP contribution in [0.1, 0.15) is 30.9 Å². The van der Waals surface area contributed by atoms with E-state index in [1.807, 2.05) is 6.92 Å². The van der Waals surface area contributed by atoms with Gasteiger partial charge in [-0.05, 0) is 32.3 Å². The number of hydrogen-bond acceptors (Lipinski definition) is 4. The number of carbonyl (C=O) groups excluding carboxylic acids is 2. The molecule has 2 amide bonds. The van der Waals surface area contributed by atoms with Gasteiger partial charge in [-0.1, -0.05) is 29.8 Å². The second-order valence-electron chi connectivity index (χ2n) is 7.74. The molecule has 1 aromatic rings. The first-order valence-corrected chi connectivity index (χ1v) is 10.1. The van der Waals surface area contributed by atoms with Gasteiger partial charge in [0.2, 0.25) is 11.8 Å². The van der Waals surface area contributed by atoms with Crippen molar-refractivity contribution in [2.75, 3.05) is 45.8 Å². The van der Waals surface area contributed by atoms with Crippen molar-refractivity contribution in [1.82, 2.24) is 20.0 Å². The summed E-state index contributed by atoms with van der Waals surface area (Å²) in [6.07, 6.45) is 2.25. The number of nitrogens with one attached hydrogen (secondary N) is 1. The minimum atomic E-state index is 0.0834. The lowest BCUT2D eigenvalue weighted by atomic mass is 10.1. The van der Waals surface area contributed by atoms with E-state index in [-0.39, 0.29) is 11.8 Å². The molecule has 1 saturated heterocycles. The molecule has 3 rings (SSSR count). The second kappa shape index (κ2) is 9.33. The molecular formula is C21H32N4O2. The highest BCUT2D eigenvalue weighted by molar-refractivity contribution is 5.79. The zero-order chi connectivity index (χ0) is 19.2. The third-order valence-electron chi connectivity index (χ3n) is 5.35. The Morgan fingerprint density at radius 1 is 1.04 bits per heavy atom. The van der Waals surface area contributed by atoms with E-state index in [0.717, 1.165) is 39.0 Å². The molecule has 1 saturated carbocycles. The first-order valence-electron chi connectivity index (χ1n) is 10.1. The summed E-state index contributed by atoms with van der Waals surface area (Å²) < 4.78 is 0. The molecule has 6 heteroatoms. The smallest absolute Gasteiger partial charge is 0.237 e. The summed E-state index contributed by atoms with van der Waals surface area (Å²) >= 11 is 0. The summed E-state index contributed by atoms with van der Waals surface area (Å²) in [6, 6.07) is 8.88. The third kappa shape index (κ3) is 6.04. The molecule has 1 aromatic carbocycles. The number of amides is 2. The van der Waals surface area contributed by atoms with Crippen molar-refractivity contribution in [3.8, 4) is 0 Å². The summed E-state index contributed by atoms with van der Waals surface area (Å²) in [5.74, 6) is 0.315. The van der Waals surface area contributed by atoms with Gasteiger partial charge >= 0.3 is 0 Å². The molecule has 1 aliphatic carbocycles. The summed E-state index contributed by atoms with van der Waals surface area (Å²) in [5, 5.41) is 2.84. The van der Waals surface area contributed by atoms with E-state index in [1.165, 1.54) is 11.1 Å². The van der Waals surface area contributed by atoms with E-state index in [2.05, 4.69) is 51.2 Å². The molecule has 1 heterocycles. The Hall–Kier alpha value is -1.92. The van der Waals surface area contributed by atoms with Gasteiger partial charge in [0, 0.05) is 45.3 Å². The van der Waals surface area contributed by atoms with Gasteiger partial charge in [0.25, 0.3) is 0 Å². The number of rotatable bonds is 8. The Bertz CT molecular complexity index is 634. The summed E-state index contributed by atoms with van der Waals surface area (Å²) in [7, 11) is 0. The van der Waals surface area contributed by atoms with Crippen molar-refractivity contribution in [3.63, 3.8) is 0 Å². The van der Waals surface area contributed by atoms with E-state index in [4.69, 9.17) is 0 Å². The molecule has 0 aromatic heterocycles. The lowest BCUT2D eigenvalue weighted by molar-refractivity contribution is -0.134. The fourth-order valence-electron chi connectivity index (χ4n) is 3.54. The molecular weight excluding hydrogens is 340 g/mol. The van der Waals surface area contributed by atoms with E-state index < -0.39 is 0 Å². The van der Waals surface area contributed by atoms with Crippen molar-refractivity contribution in [2.45, 2.75) is 39.3 Å². The van der Waals surface area contributed by atoms with Gasteiger partial charge in [-0.25, -0.2) is 0 Å². The van der Waals surface area contributed by atoms with Crippen molar-refractivity contribution in [2.24, 2.45) is 0 Å². The normalized spacial score (nSPS) is 18.3. The lowest BCUT2D eigenvalue weighted by Gasteiger charge is -2.35. The van der Waals surface area contributed by atoms with Gasteiger partial charge in [0.15, 0.2) is 0 Å². The summed E-state index contributed by atoms with van der Waals surface area (Å²) in [5.41, 5.74) is 2.45. The number of piperazine rings is 1. The average Bonchev–Trinajstić information content (AvgIpc) is 3.48. The predicted molar refractivity (Wildman–Crippen MR) is 106 cm³/mol. The molecule has 0 bridgehead atoms. The minimum Gasteiger partial charge on any atom is -0.355 e. The second-order valence-corrected chi connectivity index (χ2v) is 7.74. The van der Waals surface area contributed by atoms with Crippen molar-refractivity contribution < 1.29 is 9.59 Å². The first kappa shape index (κ1) is 19.8. The molecule has 2 aliphatic rings. The van der Waals surface area contributed by atoms with Crippen molar-refractivity contribution >= 4 is 11.8 Å². The van der Waals surface area contributed by atoms with Crippen molar-refractivity contribution in [3.05, 3.63) is 35.4 Å². The van der Waals surface area contributed by atoms with Crippen LogP contribution in [0.4, 0.5) is 0 Å². The zero-order valence-corrected chi connectivity index (χ0v) is 16.6. The molecule has 0 radical (unpaired) electrons. The SMILES string of the molecule is CCNC(=O)CN1CCN(CC(=O)N(Cc2ccc(C)cc2)C2CC2)CC1. The standard InChI is InChI=1S/C21H32N4O2/c1-3-22-20(26)15-23-10-12-24(13-11-23)16-21(27)25(19-8-9-19)14-18-6-4-17(2)5-7-18/h4-7,19H,3,8-16H2,1-2H3,(H,22,26). The Balaban J connectivity index is 1.47. The zero-order valence-electron chi connectivity index (χ0n) is 16.6. The first-order chi connectivity index (χ1) is 13.0. The van der Waals surface area contributed by atoms with Gasteiger partial charge < -0.3 is 10.2 Å². The van der Waals surface area contributed by atoms with Crippen LogP contribution in [0.15, 0.2) is 24.3 Å². The van der Waals surface area contributed by atoms with Crippen LogP contribution >= 0.6 is 0 Å². The number of likely N-dealkylation sites (N-methyl/N-ethyl adjacent to an activating group) is 1. The highest BCUT2D eigenvalue weighted by Crippen LogP contribution is 2.28. The summed E-state index contributed by atoms with van der Waals surface area (Å²) in [4.78, 5) is 31.1. The summed E-state index contributed by atoms with van der Waals surface area (Å²) in [6.45, 7) is 9.70. The largest absolute Gasteiger partial charge is 0.355 e.